The van der Waals surface area contributed by atoms with E-state index in [0.717, 1.165) is 6.07 Å². The van der Waals surface area contributed by atoms with Crippen molar-refractivity contribution in [1.29, 1.82) is 5.26 Å². The predicted octanol–water partition coefficient (Wildman–Crippen LogP) is 1.50. The second-order valence-electron chi connectivity index (χ2n) is 2.65. The van der Waals surface area contributed by atoms with Crippen molar-refractivity contribution < 1.29 is 13.5 Å². The summed E-state index contributed by atoms with van der Waals surface area (Å²) in [5, 5.41) is 18.1. The van der Waals surface area contributed by atoms with E-state index in [1.54, 1.807) is 13.0 Å². The van der Waals surface area contributed by atoms with Crippen LogP contribution in [0.1, 0.15) is 11.1 Å². The summed E-state index contributed by atoms with van der Waals surface area (Å²) in [5.41, 5.74) is 0.417. The van der Waals surface area contributed by atoms with Gasteiger partial charge in [0.1, 0.15) is 11.0 Å². The van der Waals surface area contributed by atoms with E-state index in [2.05, 4.69) is 0 Å². The highest BCUT2D eigenvalue weighted by molar-refractivity contribution is 8.13. The lowest BCUT2D eigenvalue weighted by molar-refractivity contribution is 0.457. The number of hydrogen-bond donors (Lipinski definition) is 1. The third kappa shape index (κ3) is 1.81. The molecule has 14 heavy (non-hydrogen) atoms. The highest BCUT2D eigenvalue weighted by Gasteiger charge is 2.19. The summed E-state index contributed by atoms with van der Waals surface area (Å²) in [7, 11) is 1.04. The summed E-state index contributed by atoms with van der Waals surface area (Å²) in [6.07, 6.45) is 0. The number of hydrogen-bond acceptors (Lipinski definition) is 4. The number of phenols is 1. The van der Waals surface area contributed by atoms with E-state index in [4.69, 9.17) is 15.9 Å². The Kier molecular flexibility index (Phi) is 2.69. The monoisotopic (exact) mass is 231 g/mol. The molecule has 74 valence electrons. The second kappa shape index (κ2) is 3.48. The first kappa shape index (κ1) is 10.8. The van der Waals surface area contributed by atoms with Crippen LogP contribution in [0.5, 0.6) is 5.75 Å². The molecule has 0 saturated heterocycles. The third-order valence-electron chi connectivity index (χ3n) is 1.72. The molecule has 0 aliphatic rings. The van der Waals surface area contributed by atoms with Gasteiger partial charge in [0, 0.05) is 10.7 Å². The smallest absolute Gasteiger partial charge is 0.265 e. The number of rotatable bonds is 1. The van der Waals surface area contributed by atoms with E-state index in [9.17, 15) is 13.5 Å². The number of aromatic hydroxyl groups is 1. The van der Waals surface area contributed by atoms with Gasteiger partial charge >= 0.3 is 0 Å². The van der Waals surface area contributed by atoms with Crippen molar-refractivity contribution in [2.45, 2.75) is 11.8 Å². The van der Waals surface area contributed by atoms with Crippen LogP contribution in [0.15, 0.2) is 17.0 Å². The number of phenolic OH excluding ortho intramolecular Hbond substituents is 1. The maximum atomic E-state index is 10.9. The van der Waals surface area contributed by atoms with Gasteiger partial charge in [-0.2, -0.15) is 5.26 Å². The van der Waals surface area contributed by atoms with E-state index in [0.29, 0.717) is 5.56 Å². The fourth-order valence-corrected chi connectivity index (χ4v) is 1.95. The molecule has 0 atom stereocenters. The Balaban J connectivity index is 3.62. The highest BCUT2D eigenvalue weighted by Crippen LogP contribution is 2.30. The quantitative estimate of drug-likeness (QED) is 0.743. The molecular formula is C8H6ClNO3S. The number of aryl methyl sites for hydroxylation is 1. The van der Waals surface area contributed by atoms with Crippen molar-refractivity contribution in [3.8, 4) is 11.8 Å². The minimum Gasteiger partial charge on any atom is -0.505 e. The number of nitriles is 1. The van der Waals surface area contributed by atoms with Crippen LogP contribution in [-0.4, -0.2) is 13.5 Å². The molecule has 0 saturated carbocycles. The molecular weight excluding hydrogens is 226 g/mol. The molecule has 0 fully saturated rings. The van der Waals surface area contributed by atoms with Crippen molar-refractivity contribution >= 4 is 19.7 Å². The molecule has 0 spiro atoms. The molecule has 6 heteroatoms. The van der Waals surface area contributed by atoms with Crippen LogP contribution in [0.25, 0.3) is 0 Å². The zero-order valence-electron chi connectivity index (χ0n) is 7.15. The molecule has 0 radical (unpaired) electrons. The van der Waals surface area contributed by atoms with Crippen LogP contribution >= 0.6 is 10.7 Å². The average Bonchev–Trinajstić information content (AvgIpc) is 2.02. The first-order valence-corrected chi connectivity index (χ1v) is 5.86. The topological polar surface area (TPSA) is 78.2 Å². The first-order valence-electron chi connectivity index (χ1n) is 3.55. The Hall–Kier alpha value is -1.25. The number of halogens is 1. The lowest BCUT2D eigenvalue weighted by Crippen LogP contribution is -1.94. The Morgan fingerprint density at radius 3 is 2.50 bits per heavy atom. The molecule has 0 unspecified atom stereocenters. The van der Waals surface area contributed by atoms with Gasteiger partial charge in [0.2, 0.25) is 0 Å². The molecule has 0 amide bonds. The summed E-state index contributed by atoms with van der Waals surface area (Å²) >= 11 is 0. The molecule has 1 N–H and O–H groups in total. The van der Waals surface area contributed by atoms with E-state index in [1.165, 1.54) is 6.07 Å². The van der Waals surface area contributed by atoms with Gasteiger partial charge < -0.3 is 5.11 Å². The Morgan fingerprint density at radius 2 is 2.07 bits per heavy atom. The van der Waals surface area contributed by atoms with Gasteiger partial charge in [-0.25, -0.2) is 8.42 Å². The maximum Gasteiger partial charge on any atom is 0.265 e. The summed E-state index contributed by atoms with van der Waals surface area (Å²) in [6, 6.07) is 4.27. The normalized spacial score (nSPS) is 10.9. The van der Waals surface area contributed by atoms with Crippen molar-refractivity contribution in [2.75, 3.05) is 0 Å². The van der Waals surface area contributed by atoms with E-state index in [-0.39, 0.29) is 5.56 Å². The standard InChI is InChI=1S/C8H6ClNO3S/c1-5-2-3-7(14(9,12)13)8(11)6(5)4-10/h2-3,11H,1H3. The van der Waals surface area contributed by atoms with Gasteiger partial charge in [-0.1, -0.05) is 6.07 Å². The van der Waals surface area contributed by atoms with E-state index in [1.807, 2.05) is 0 Å². The summed E-state index contributed by atoms with van der Waals surface area (Å²) in [5.74, 6) is -0.595. The molecule has 0 aromatic heterocycles. The largest absolute Gasteiger partial charge is 0.505 e. The fourth-order valence-electron chi connectivity index (χ4n) is 1.01. The number of benzene rings is 1. The van der Waals surface area contributed by atoms with E-state index < -0.39 is 19.7 Å². The van der Waals surface area contributed by atoms with Crippen LogP contribution in [0.2, 0.25) is 0 Å². The molecule has 0 aliphatic carbocycles. The summed E-state index contributed by atoms with van der Waals surface area (Å²) in [4.78, 5) is -0.443. The summed E-state index contributed by atoms with van der Waals surface area (Å²) < 4.78 is 21.9. The minimum absolute atomic E-state index is 0.0771. The Morgan fingerprint density at radius 1 is 1.50 bits per heavy atom. The zero-order chi connectivity index (χ0) is 10.9. The van der Waals surface area contributed by atoms with Gasteiger partial charge in [0.25, 0.3) is 9.05 Å². The molecule has 0 heterocycles. The Labute approximate surface area is 85.8 Å². The lowest BCUT2D eigenvalue weighted by Gasteiger charge is -2.04. The van der Waals surface area contributed by atoms with Gasteiger partial charge in [-0.05, 0) is 18.6 Å². The second-order valence-corrected chi connectivity index (χ2v) is 5.19. The van der Waals surface area contributed by atoms with Crippen LogP contribution in [0.3, 0.4) is 0 Å². The average molecular weight is 232 g/mol. The lowest BCUT2D eigenvalue weighted by atomic mass is 10.1. The van der Waals surface area contributed by atoms with Gasteiger partial charge in [-0.3, -0.25) is 0 Å². The third-order valence-corrected chi connectivity index (χ3v) is 3.08. The van der Waals surface area contributed by atoms with Crippen molar-refractivity contribution in [1.82, 2.24) is 0 Å². The van der Waals surface area contributed by atoms with Crippen molar-refractivity contribution in [3.63, 3.8) is 0 Å². The Bertz CT molecular complexity index is 516. The van der Waals surface area contributed by atoms with E-state index >= 15 is 0 Å². The van der Waals surface area contributed by atoms with Crippen LogP contribution in [0.4, 0.5) is 0 Å². The molecule has 0 bridgehead atoms. The minimum atomic E-state index is -4.01. The predicted molar refractivity (Wildman–Crippen MR) is 50.6 cm³/mol. The van der Waals surface area contributed by atoms with Crippen molar-refractivity contribution in [2.24, 2.45) is 0 Å². The molecule has 1 aromatic rings. The summed E-state index contributed by atoms with van der Waals surface area (Å²) in [6.45, 7) is 1.59. The maximum absolute atomic E-state index is 10.9. The van der Waals surface area contributed by atoms with Crippen molar-refractivity contribution in [3.05, 3.63) is 23.3 Å². The molecule has 1 aromatic carbocycles. The van der Waals surface area contributed by atoms with Gasteiger partial charge in [0.05, 0.1) is 5.56 Å². The van der Waals surface area contributed by atoms with Gasteiger partial charge in [-0.15, -0.1) is 0 Å². The molecule has 1 rings (SSSR count). The SMILES string of the molecule is Cc1ccc(S(=O)(=O)Cl)c(O)c1C#N. The van der Waals surface area contributed by atoms with Crippen LogP contribution in [0, 0.1) is 18.3 Å². The van der Waals surface area contributed by atoms with Crippen LogP contribution < -0.4 is 0 Å². The molecule has 0 aliphatic heterocycles. The number of nitrogens with zero attached hydrogens (tertiary/aromatic N) is 1. The molecule has 4 nitrogen and oxygen atoms in total. The highest BCUT2D eigenvalue weighted by atomic mass is 35.7. The first-order chi connectivity index (χ1) is 6.38. The van der Waals surface area contributed by atoms with Crippen LogP contribution in [-0.2, 0) is 9.05 Å². The fraction of sp³-hybridized carbons (Fsp3) is 0.125. The van der Waals surface area contributed by atoms with Gasteiger partial charge in [0.15, 0.2) is 5.75 Å². The zero-order valence-corrected chi connectivity index (χ0v) is 8.72.